The van der Waals surface area contributed by atoms with Gasteiger partial charge in [-0.1, -0.05) is 0 Å². The third-order valence-corrected chi connectivity index (χ3v) is 7.09. The third-order valence-electron chi connectivity index (χ3n) is 5.73. The average Bonchev–Trinajstić information content (AvgIpc) is 2.60. The molecule has 1 heterocycles. The van der Waals surface area contributed by atoms with Crippen molar-refractivity contribution in [1.82, 2.24) is 0 Å². The molecule has 1 amide bonds. The molecule has 152 valence electrons. The van der Waals surface area contributed by atoms with E-state index in [-0.39, 0.29) is 29.1 Å². The number of nitrogens with zero attached hydrogens (tertiary/aromatic N) is 1. The molecule has 0 bridgehead atoms. The van der Waals surface area contributed by atoms with E-state index in [2.05, 4.69) is 0 Å². The monoisotopic (exact) mass is 416 g/mol. The number of rotatable bonds is 2. The maximum absolute atomic E-state index is 13.2. The second-order valence-corrected chi connectivity index (χ2v) is 8.87. The maximum Gasteiger partial charge on any atom is 0.255 e. The molecule has 3 atom stereocenters. The summed E-state index contributed by atoms with van der Waals surface area (Å²) in [4.78, 5) is 39.6. The average molecular weight is 416 g/mol. The Morgan fingerprint density at radius 1 is 1.21 bits per heavy atom. The van der Waals surface area contributed by atoms with Gasteiger partial charge in [0, 0.05) is 30.7 Å². The van der Waals surface area contributed by atoms with Gasteiger partial charge in [-0.3, -0.25) is 14.4 Å². The van der Waals surface area contributed by atoms with Crippen LogP contribution in [0.5, 0.6) is 5.75 Å². The molecule has 1 aromatic rings. The van der Waals surface area contributed by atoms with Crippen LogP contribution in [0, 0.1) is 11.8 Å². The van der Waals surface area contributed by atoms with Crippen LogP contribution in [0.15, 0.2) is 33.9 Å². The number of Topliss-reactive ketones (excluding diaryl/α,β-unsaturated/α-hetero) is 2. The predicted molar refractivity (Wildman–Crippen MR) is 107 cm³/mol. The minimum Gasteiger partial charge on any atom is -0.511 e. The normalized spacial score (nSPS) is 26.1. The summed E-state index contributed by atoms with van der Waals surface area (Å²) < 4.78 is 0. The second-order valence-electron chi connectivity index (χ2n) is 7.66. The zero-order chi connectivity index (χ0) is 21.2. The summed E-state index contributed by atoms with van der Waals surface area (Å²) in [6.07, 6.45) is 0.279. The van der Waals surface area contributed by atoms with Gasteiger partial charge >= 0.3 is 0 Å². The number of hydrogen-bond donors (Lipinski definition) is 4. The number of hydrogen-bond acceptors (Lipinski definition) is 8. The van der Waals surface area contributed by atoms with Crippen molar-refractivity contribution in [2.45, 2.75) is 23.0 Å². The van der Waals surface area contributed by atoms with Crippen LogP contribution in [0.4, 0.5) is 5.69 Å². The molecule has 2 aliphatic carbocycles. The number of carbonyl (C=O) groups excluding carboxylic acids is 3. The van der Waals surface area contributed by atoms with Crippen molar-refractivity contribution in [2.24, 2.45) is 17.6 Å². The van der Waals surface area contributed by atoms with Gasteiger partial charge in [-0.15, -0.1) is 11.8 Å². The van der Waals surface area contributed by atoms with Crippen molar-refractivity contribution in [2.75, 3.05) is 19.0 Å². The fourth-order valence-electron chi connectivity index (χ4n) is 4.43. The molecule has 0 radical (unpaired) electrons. The number of amides is 1. The molecular formula is C20H20N2O6S. The van der Waals surface area contributed by atoms with Gasteiger partial charge in [0.25, 0.3) is 5.91 Å². The van der Waals surface area contributed by atoms with E-state index in [0.717, 1.165) is 5.69 Å². The fraction of sp³-hybridized carbons (Fsp3) is 0.350. The molecule has 8 nitrogen and oxygen atoms in total. The summed E-state index contributed by atoms with van der Waals surface area (Å²) in [5.74, 6) is -4.92. The minimum absolute atomic E-state index is 0.0721. The number of aromatic hydroxyl groups is 1. The molecular weight excluding hydrogens is 396 g/mol. The number of benzene rings is 1. The lowest BCUT2D eigenvalue weighted by molar-refractivity contribution is -0.126. The predicted octanol–water partition coefficient (Wildman–Crippen LogP) is 1.68. The maximum atomic E-state index is 13.2. The zero-order valence-electron chi connectivity index (χ0n) is 15.8. The molecule has 0 saturated heterocycles. The number of ketones is 2. The van der Waals surface area contributed by atoms with Crippen molar-refractivity contribution in [3.05, 3.63) is 34.6 Å². The summed E-state index contributed by atoms with van der Waals surface area (Å²) in [7, 11) is 3.67. The van der Waals surface area contributed by atoms with Gasteiger partial charge in [0.2, 0.25) is 0 Å². The fourth-order valence-corrected chi connectivity index (χ4v) is 6.10. The summed E-state index contributed by atoms with van der Waals surface area (Å²) >= 11 is 1.34. The summed E-state index contributed by atoms with van der Waals surface area (Å²) in [6.45, 7) is 0. The zero-order valence-corrected chi connectivity index (χ0v) is 16.6. The molecule has 3 unspecified atom stereocenters. The number of aliphatic hydroxyl groups is 2. The van der Waals surface area contributed by atoms with E-state index in [1.54, 1.807) is 6.07 Å². The highest BCUT2D eigenvalue weighted by Gasteiger charge is 2.51. The van der Waals surface area contributed by atoms with Crippen molar-refractivity contribution in [3.8, 4) is 5.75 Å². The lowest BCUT2D eigenvalue weighted by Gasteiger charge is -2.41. The first kappa shape index (κ1) is 19.4. The Bertz CT molecular complexity index is 1040. The summed E-state index contributed by atoms with van der Waals surface area (Å²) in [5, 5.41) is 31.3. The lowest BCUT2D eigenvalue weighted by atomic mass is 9.67. The van der Waals surface area contributed by atoms with Crippen LogP contribution in [-0.2, 0) is 14.4 Å². The molecule has 9 heteroatoms. The second kappa shape index (κ2) is 6.55. The Balaban J connectivity index is 1.89. The van der Waals surface area contributed by atoms with E-state index in [9.17, 15) is 29.7 Å². The number of thioether (sulfide) groups is 1. The van der Waals surface area contributed by atoms with E-state index in [0.29, 0.717) is 11.3 Å². The lowest BCUT2D eigenvalue weighted by Crippen LogP contribution is -2.44. The van der Waals surface area contributed by atoms with Gasteiger partial charge in [0.15, 0.2) is 11.6 Å². The van der Waals surface area contributed by atoms with Gasteiger partial charge < -0.3 is 26.0 Å². The standard InChI is InChI=1S/C20H20N2O6S/c1-22(2)8-3-4-9(23)13-18(27)15-11(29-19(8)13)6-7-5-10(24)14(20(21)28)16(25)12(7)17(15)26/h3-4,7,11-12,23,25,27H,5-6H2,1-2H3,(H2,21,28). The first-order valence-electron chi connectivity index (χ1n) is 9.07. The topological polar surface area (TPSA) is 141 Å². The number of allylic oxidation sites excluding steroid dienone is 1. The third kappa shape index (κ3) is 2.71. The largest absolute Gasteiger partial charge is 0.511 e. The van der Waals surface area contributed by atoms with E-state index in [4.69, 9.17) is 5.73 Å². The highest BCUT2D eigenvalue weighted by molar-refractivity contribution is 8.00. The van der Waals surface area contributed by atoms with Gasteiger partial charge in [-0.05, 0) is 24.5 Å². The van der Waals surface area contributed by atoms with E-state index >= 15 is 0 Å². The number of fused-ring (bicyclic) bond motifs is 3. The van der Waals surface area contributed by atoms with Crippen molar-refractivity contribution in [1.29, 1.82) is 0 Å². The number of anilines is 1. The van der Waals surface area contributed by atoms with Crippen LogP contribution in [0.3, 0.4) is 0 Å². The van der Waals surface area contributed by atoms with Gasteiger partial charge in [0.05, 0.1) is 22.7 Å². The van der Waals surface area contributed by atoms with Crippen molar-refractivity contribution in [3.63, 3.8) is 0 Å². The van der Waals surface area contributed by atoms with E-state index in [1.807, 2.05) is 19.0 Å². The highest BCUT2D eigenvalue weighted by atomic mass is 32.2. The molecule has 0 aromatic heterocycles. The Morgan fingerprint density at radius 2 is 1.90 bits per heavy atom. The quantitative estimate of drug-likeness (QED) is 0.534. The van der Waals surface area contributed by atoms with Gasteiger partial charge in [0.1, 0.15) is 22.8 Å². The van der Waals surface area contributed by atoms with Crippen LogP contribution in [0.1, 0.15) is 18.4 Å². The number of primary amides is 1. The number of aliphatic hydroxyl groups excluding tert-OH is 2. The molecule has 29 heavy (non-hydrogen) atoms. The molecule has 1 saturated carbocycles. The van der Waals surface area contributed by atoms with E-state index < -0.39 is 45.9 Å². The van der Waals surface area contributed by atoms with Crippen molar-refractivity contribution >= 4 is 40.7 Å². The van der Waals surface area contributed by atoms with Crippen molar-refractivity contribution < 1.29 is 29.7 Å². The summed E-state index contributed by atoms with van der Waals surface area (Å²) in [6, 6.07) is 3.18. The highest BCUT2D eigenvalue weighted by Crippen LogP contribution is 2.55. The summed E-state index contributed by atoms with van der Waals surface area (Å²) in [5.41, 5.74) is 5.70. The Labute approximate surface area is 170 Å². The van der Waals surface area contributed by atoms with Crippen LogP contribution < -0.4 is 10.6 Å². The van der Waals surface area contributed by atoms with Crippen LogP contribution in [0.25, 0.3) is 5.76 Å². The molecule has 3 aliphatic rings. The number of phenols is 1. The van der Waals surface area contributed by atoms with Crippen LogP contribution >= 0.6 is 11.8 Å². The molecule has 1 aromatic carbocycles. The SMILES string of the molecule is CN(C)c1ccc(O)c2c1SC1CC3CC(=O)C(C(N)=O)=C(O)C3C(=O)C1=C2O. The molecule has 0 spiro atoms. The van der Waals surface area contributed by atoms with Crippen LogP contribution in [0.2, 0.25) is 0 Å². The van der Waals surface area contributed by atoms with Gasteiger partial charge in [-0.2, -0.15) is 0 Å². The van der Waals surface area contributed by atoms with Gasteiger partial charge in [-0.25, -0.2) is 0 Å². The first-order chi connectivity index (χ1) is 13.6. The smallest absolute Gasteiger partial charge is 0.255 e. The molecule has 1 fully saturated rings. The molecule has 5 N–H and O–H groups in total. The first-order valence-corrected chi connectivity index (χ1v) is 9.95. The number of phenolic OH excluding ortho intramolecular Hbond substituents is 1. The van der Waals surface area contributed by atoms with Crippen LogP contribution in [-0.4, -0.2) is 52.1 Å². The molecule has 1 aliphatic heterocycles. The minimum atomic E-state index is -1.11. The Hall–Kier alpha value is -2.94. The Kier molecular flexibility index (Phi) is 4.38. The Morgan fingerprint density at radius 3 is 2.52 bits per heavy atom. The van der Waals surface area contributed by atoms with E-state index in [1.165, 1.54) is 17.8 Å². The molecule has 4 rings (SSSR count). The number of carbonyl (C=O) groups is 3. The number of nitrogens with two attached hydrogens (primary N) is 1.